The number of aromatic hydroxyl groups is 2. The smallest absolute Gasteiger partial charge is 0.258 e. The van der Waals surface area contributed by atoms with E-state index < -0.39 is 0 Å². The molecule has 18 heavy (non-hydrogen) atoms. The first-order valence-corrected chi connectivity index (χ1v) is 6.00. The number of amides is 1. The lowest BCUT2D eigenvalue weighted by atomic mass is 10.1. The molecule has 98 valence electrons. The van der Waals surface area contributed by atoms with Gasteiger partial charge in [0.2, 0.25) is 0 Å². The molecule has 1 saturated heterocycles. The molecular weight excluding hydrogens is 232 g/mol. The molecule has 0 saturated carbocycles. The van der Waals surface area contributed by atoms with Crippen LogP contribution >= 0.6 is 0 Å². The summed E-state index contributed by atoms with van der Waals surface area (Å²) in [6.07, 6.45) is 2.04. The highest BCUT2D eigenvalue weighted by atomic mass is 16.3. The molecule has 1 atom stereocenters. The van der Waals surface area contributed by atoms with E-state index in [1.165, 1.54) is 12.1 Å². The predicted octanol–water partition coefficient (Wildman–Crippen LogP) is 1.22. The maximum atomic E-state index is 12.3. The Balaban J connectivity index is 2.23. The summed E-state index contributed by atoms with van der Waals surface area (Å²) in [5.41, 5.74) is 0.137. The number of phenolic OH excluding ortho intramolecular Hbond substituents is 2. The van der Waals surface area contributed by atoms with Crippen LogP contribution in [0.2, 0.25) is 0 Å². The molecule has 1 aromatic rings. The lowest BCUT2D eigenvalue weighted by Gasteiger charge is -2.30. The van der Waals surface area contributed by atoms with Crippen LogP contribution in [0.5, 0.6) is 11.5 Å². The molecule has 2 N–H and O–H groups in total. The largest absolute Gasteiger partial charge is 0.504 e. The van der Waals surface area contributed by atoms with Crippen molar-refractivity contribution in [3.63, 3.8) is 0 Å². The van der Waals surface area contributed by atoms with E-state index in [0.717, 1.165) is 19.4 Å². The molecular formula is C13H18N2O3. The summed E-state index contributed by atoms with van der Waals surface area (Å²) in [7, 11) is 3.70. The molecule has 0 spiro atoms. The van der Waals surface area contributed by atoms with Crippen LogP contribution in [0.1, 0.15) is 23.2 Å². The van der Waals surface area contributed by atoms with E-state index in [-0.39, 0.29) is 29.1 Å². The second-order valence-electron chi connectivity index (χ2n) is 4.69. The molecule has 0 aromatic heterocycles. The Kier molecular flexibility index (Phi) is 3.43. The van der Waals surface area contributed by atoms with Gasteiger partial charge in [-0.05, 0) is 38.6 Å². The standard InChI is InChI=1S/C13H18N2O3/c1-14-8-4-7-11(14)15(2)13(18)9-5-3-6-10(16)12(9)17/h3,5-6,11,16-17H,4,7-8H2,1-2H3. The van der Waals surface area contributed by atoms with E-state index in [1.54, 1.807) is 18.0 Å². The van der Waals surface area contributed by atoms with Crippen LogP contribution in [0.4, 0.5) is 0 Å². The van der Waals surface area contributed by atoms with Gasteiger partial charge in [-0.1, -0.05) is 6.07 Å². The van der Waals surface area contributed by atoms with E-state index in [4.69, 9.17) is 0 Å². The highest BCUT2D eigenvalue weighted by molar-refractivity contribution is 5.97. The van der Waals surface area contributed by atoms with Gasteiger partial charge in [0.25, 0.3) is 5.91 Å². The fourth-order valence-electron chi connectivity index (χ4n) is 2.41. The molecule has 1 aliphatic heterocycles. The number of para-hydroxylation sites is 1. The Labute approximate surface area is 106 Å². The van der Waals surface area contributed by atoms with Crippen molar-refractivity contribution in [2.45, 2.75) is 19.0 Å². The number of hydrogen-bond donors (Lipinski definition) is 2. The maximum absolute atomic E-state index is 12.3. The number of phenols is 2. The molecule has 5 nitrogen and oxygen atoms in total. The van der Waals surface area contributed by atoms with Gasteiger partial charge >= 0.3 is 0 Å². The number of carbonyl (C=O) groups excluding carboxylic acids is 1. The number of nitrogens with zero attached hydrogens (tertiary/aromatic N) is 2. The Bertz CT molecular complexity index is 462. The van der Waals surface area contributed by atoms with Gasteiger partial charge in [-0.15, -0.1) is 0 Å². The highest BCUT2D eigenvalue weighted by Gasteiger charge is 2.29. The summed E-state index contributed by atoms with van der Waals surface area (Å²) in [4.78, 5) is 16.0. The summed E-state index contributed by atoms with van der Waals surface area (Å²) in [6, 6.07) is 4.42. The second kappa shape index (κ2) is 4.86. The summed E-state index contributed by atoms with van der Waals surface area (Å²) in [5, 5.41) is 19.1. The number of benzene rings is 1. The monoisotopic (exact) mass is 250 g/mol. The van der Waals surface area contributed by atoms with Crippen LogP contribution in [-0.2, 0) is 0 Å². The molecule has 1 aliphatic rings. The van der Waals surface area contributed by atoms with Gasteiger partial charge in [0, 0.05) is 7.05 Å². The topological polar surface area (TPSA) is 64.0 Å². The van der Waals surface area contributed by atoms with Crippen molar-refractivity contribution in [1.82, 2.24) is 9.80 Å². The van der Waals surface area contributed by atoms with Crippen molar-refractivity contribution < 1.29 is 15.0 Å². The van der Waals surface area contributed by atoms with Gasteiger partial charge in [0.05, 0.1) is 11.7 Å². The van der Waals surface area contributed by atoms with Crippen LogP contribution in [0.15, 0.2) is 18.2 Å². The third kappa shape index (κ3) is 2.13. The molecule has 0 bridgehead atoms. The van der Waals surface area contributed by atoms with Gasteiger partial charge in [-0.2, -0.15) is 0 Å². The second-order valence-corrected chi connectivity index (χ2v) is 4.69. The first-order valence-electron chi connectivity index (χ1n) is 6.00. The molecule has 1 fully saturated rings. The maximum Gasteiger partial charge on any atom is 0.258 e. The molecule has 0 radical (unpaired) electrons. The summed E-state index contributed by atoms with van der Waals surface area (Å²) in [6.45, 7) is 0.967. The number of rotatable bonds is 2. The normalized spacial score (nSPS) is 20.0. The van der Waals surface area contributed by atoms with Gasteiger partial charge in [-0.3, -0.25) is 9.69 Å². The average Bonchev–Trinajstić information content (AvgIpc) is 2.77. The molecule has 1 amide bonds. The van der Waals surface area contributed by atoms with Gasteiger partial charge in [-0.25, -0.2) is 0 Å². The van der Waals surface area contributed by atoms with Gasteiger partial charge < -0.3 is 15.1 Å². The molecule has 5 heteroatoms. The fourth-order valence-corrected chi connectivity index (χ4v) is 2.41. The zero-order valence-electron chi connectivity index (χ0n) is 10.6. The van der Waals surface area contributed by atoms with Crippen LogP contribution < -0.4 is 0 Å². The van der Waals surface area contributed by atoms with Crippen molar-refractivity contribution in [3.05, 3.63) is 23.8 Å². The number of likely N-dealkylation sites (tertiary alicyclic amines) is 1. The van der Waals surface area contributed by atoms with Crippen LogP contribution in [0.3, 0.4) is 0 Å². The van der Waals surface area contributed by atoms with Crippen molar-refractivity contribution in [2.24, 2.45) is 0 Å². The van der Waals surface area contributed by atoms with Crippen LogP contribution in [0, 0.1) is 0 Å². The molecule has 2 rings (SSSR count). The molecule has 1 unspecified atom stereocenters. The summed E-state index contributed by atoms with van der Waals surface area (Å²) >= 11 is 0. The molecule has 1 heterocycles. The lowest BCUT2D eigenvalue weighted by Crippen LogP contribution is -2.43. The van der Waals surface area contributed by atoms with Crippen LogP contribution in [-0.4, -0.2) is 52.7 Å². The van der Waals surface area contributed by atoms with E-state index in [9.17, 15) is 15.0 Å². The fraction of sp³-hybridized carbons (Fsp3) is 0.462. The quantitative estimate of drug-likeness (QED) is 0.775. The first kappa shape index (κ1) is 12.7. The molecule has 0 aliphatic carbocycles. The Morgan fingerprint density at radius 3 is 2.78 bits per heavy atom. The van der Waals surface area contributed by atoms with E-state index in [1.807, 2.05) is 7.05 Å². The van der Waals surface area contributed by atoms with Crippen molar-refractivity contribution >= 4 is 5.91 Å². The van der Waals surface area contributed by atoms with E-state index in [0.29, 0.717) is 0 Å². The number of hydrogen-bond acceptors (Lipinski definition) is 4. The summed E-state index contributed by atoms with van der Waals surface area (Å²) in [5.74, 6) is -0.897. The lowest BCUT2D eigenvalue weighted by molar-refractivity contribution is 0.0581. The minimum Gasteiger partial charge on any atom is -0.504 e. The predicted molar refractivity (Wildman–Crippen MR) is 67.5 cm³/mol. The third-order valence-electron chi connectivity index (χ3n) is 3.49. The van der Waals surface area contributed by atoms with E-state index >= 15 is 0 Å². The molecule has 1 aromatic carbocycles. The van der Waals surface area contributed by atoms with Gasteiger partial charge in [0.15, 0.2) is 11.5 Å². The Morgan fingerprint density at radius 1 is 1.44 bits per heavy atom. The van der Waals surface area contributed by atoms with Crippen molar-refractivity contribution in [2.75, 3.05) is 20.6 Å². The van der Waals surface area contributed by atoms with Crippen molar-refractivity contribution in [1.29, 1.82) is 0 Å². The average molecular weight is 250 g/mol. The Morgan fingerprint density at radius 2 is 2.17 bits per heavy atom. The Hall–Kier alpha value is -1.75. The highest BCUT2D eigenvalue weighted by Crippen LogP contribution is 2.30. The zero-order valence-corrected chi connectivity index (χ0v) is 10.6. The third-order valence-corrected chi connectivity index (χ3v) is 3.49. The van der Waals surface area contributed by atoms with Crippen LogP contribution in [0.25, 0.3) is 0 Å². The van der Waals surface area contributed by atoms with E-state index in [2.05, 4.69) is 4.90 Å². The first-order chi connectivity index (χ1) is 8.52. The van der Waals surface area contributed by atoms with Gasteiger partial charge in [0.1, 0.15) is 0 Å². The zero-order chi connectivity index (χ0) is 13.3. The van der Waals surface area contributed by atoms with Crippen molar-refractivity contribution in [3.8, 4) is 11.5 Å². The minimum atomic E-state index is -0.352. The number of carbonyl (C=O) groups is 1. The summed E-state index contributed by atoms with van der Waals surface area (Å²) < 4.78 is 0. The minimum absolute atomic E-state index is 0.0549. The SMILES string of the molecule is CN1CCCC1N(C)C(=O)c1cccc(O)c1O.